The second-order valence-electron chi connectivity index (χ2n) is 23.1. The standard InChI is InChI=1S/C76H130O6/c1-4-7-10-13-16-19-22-25-28-30-32-34-36-37-38-39-41-42-44-46-48-51-54-57-60-63-66-69-75(78)81-72-73(71-80-74(77)68-65-62-59-56-53-50-27-24-21-18-15-12-9-6-3)82-76(79)70-67-64-61-58-55-52-49-47-45-43-40-35-33-31-29-26-23-20-17-14-11-8-5-2/h7,10,16,19,24-25,27-28,31-34,37-38,41-42,46,48,73H,4-6,8-9,11-15,17-18,20-23,26,29-30,35-36,39-40,43-45,47,49-72H2,1-3H3/b10-7-,19-16-,27-24-,28-25-,33-31-,34-32-,38-37-,42-41-,48-46-. The van der Waals surface area contributed by atoms with Crippen molar-refractivity contribution in [2.45, 2.75) is 341 Å². The first-order valence-electron chi connectivity index (χ1n) is 34.9. The Morgan fingerprint density at radius 2 is 0.476 bits per heavy atom. The van der Waals surface area contributed by atoms with Crippen LogP contribution in [0.5, 0.6) is 0 Å². The molecule has 0 rings (SSSR count). The summed E-state index contributed by atoms with van der Waals surface area (Å²) in [6.45, 7) is 6.53. The molecule has 0 aliphatic carbocycles. The number of rotatable bonds is 63. The van der Waals surface area contributed by atoms with E-state index in [2.05, 4.69) is 130 Å². The molecular formula is C76H130O6. The molecule has 0 aromatic carbocycles. The highest BCUT2D eigenvalue weighted by Crippen LogP contribution is 2.16. The molecule has 0 aromatic rings. The van der Waals surface area contributed by atoms with Crippen LogP contribution >= 0.6 is 0 Å². The van der Waals surface area contributed by atoms with Gasteiger partial charge in [0.25, 0.3) is 0 Å². The number of carbonyl (C=O) groups excluding carboxylic acids is 3. The average molecular weight is 1140 g/mol. The molecule has 0 radical (unpaired) electrons. The molecule has 0 amide bonds. The second kappa shape index (κ2) is 69.6. The van der Waals surface area contributed by atoms with Crippen molar-refractivity contribution < 1.29 is 28.6 Å². The summed E-state index contributed by atoms with van der Waals surface area (Å²) < 4.78 is 17.0. The Morgan fingerprint density at radius 3 is 0.756 bits per heavy atom. The number of hydrogen-bond donors (Lipinski definition) is 0. The molecule has 0 bridgehead atoms. The largest absolute Gasteiger partial charge is 0.462 e. The van der Waals surface area contributed by atoms with Gasteiger partial charge in [-0.1, -0.05) is 297 Å². The number of carbonyl (C=O) groups is 3. The molecule has 0 fully saturated rings. The van der Waals surface area contributed by atoms with Crippen molar-refractivity contribution in [1.29, 1.82) is 0 Å². The van der Waals surface area contributed by atoms with Crippen LogP contribution < -0.4 is 0 Å². The predicted octanol–water partition coefficient (Wildman–Crippen LogP) is 24.2. The van der Waals surface area contributed by atoms with Crippen LogP contribution in [0.1, 0.15) is 335 Å². The van der Waals surface area contributed by atoms with Gasteiger partial charge in [-0.05, 0) is 128 Å². The third-order valence-electron chi connectivity index (χ3n) is 15.0. The zero-order valence-electron chi connectivity index (χ0n) is 54.0. The Hall–Kier alpha value is -3.93. The van der Waals surface area contributed by atoms with E-state index < -0.39 is 6.10 Å². The lowest BCUT2D eigenvalue weighted by atomic mass is 10.0. The summed E-state index contributed by atoms with van der Waals surface area (Å²) >= 11 is 0. The Balaban J connectivity index is 4.38. The number of unbranched alkanes of at least 4 members (excludes halogenated alkanes) is 34. The number of allylic oxidation sites excluding steroid dienone is 18. The maximum Gasteiger partial charge on any atom is 0.306 e. The van der Waals surface area contributed by atoms with Gasteiger partial charge in [0.15, 0.2) is 6.10 Å². The fourth-order valence-electron chi connectivity index (χ4n) is 9.77. The first-order chi connectivity index (χ1) is 40.5. The van der Waals surface area contributed by atoms with Crippen molar-refractivity contribution in [3.05, 3.63) is 109 Å². The molecule has 0 saturated carbocycles. The van der Waals surface area contributed by atoms with Crippen LogP contribution in [0, 0.1) is 0 Å². The van der Waals surface area contributed by atoms with E-state index in [1.54, 1.807) is 0 Å². The van der Waals surface area contributed by atoms with E-state index in [0.717, 1.165) is 128 Å². The van der Waals surface area contributed by atoms with Crippen molar-refractivity contribution in [2.24, 2.45) is 0 Å². The fraction of sp³-hybridized carbons (Fsp3) is 0.724. The van der Waals surface area contributed by atoms with E-state index in [1.807, 2.05) is 0 Å². The fourth-order valence-corrected chi connectivity index (χ4v) is 9.77. The molecule has 0 spiro atoms. The van der Waals surface area contributed by atoms with Crippen LogP contribution in [0.15, 0.2) is 109 Å². The van der Waals surface area contributed by atoms with Gasteiger partial charge in [-0.15, -0.1) is 0 Å². The van der Waals surface area contributed by atoms with Crippen molar-refractivity contribution >= 4 is 17.9 Å². The van der Waals surface area contributed by atoms with Gasteiger partial charge in [0.05, 0.1) is 0 Å². The van der Waals surface area contributed by atoms with E-state index in [9.17, 15) is 14.4 Å². The minimum absolute atomic E-state index is 0.0882. The van der Waals surface area contributed by atoms with Crippen molar-refractivity contribution in [3.8, 4) is 0 Å². The summed E-state index contributed by atoms with van der Waals surface area (Å²) in [5, 5.41) is 0. The SMILES string of the molecule is CC/C=C\C/C=C\C/C=C\C/C=C\C/C=C\C/C=C\C/C=C\CCCCCCCC(=O)OCC(COC(=O)CCCCCCC/C=C\CCCCCCC)OC(=O)CCCCCCCCCCCCC/C=C\CCCCCCCCCC. The van der Waals surface area contributed by atoms with Crippen LogP contribution in [0.4, 0.5) is 0 Å². The topological polar surface area (TPSA) is 78.9 Å². The van der Waals surface area contributed by atoms with Crippen LogP contribution in [0.2, 0.25) is 0 Å². The maximum atomic E-state index is 13.0. The van der Waals surface area contributed by atoms with Crippen molar-refractivity contribution in [3.63, 3.8) is 0 Å². The van der Waals surface area contributed by atoms with E-state index in [0.29, 0.717) is 19.3 Å². The molecule has 0 aromatic heterocycles. The Bertz CT molecular complexity index is 1640. The van der Waals surface area contributed by atoms with Crippen LogP contribution in [-0.4, -0.2) is 37.2 Å². The zero-order chi connectivity index (χ0) is 59.2. The van der Waals surface area contributed by atoms with E-state index in [-0.39, 0.29) is 31.1 Å². The number of ether oxygens (including phenoxy) is 3. The van der Waals surface area contributed by atoms with E-state index in [1.165, 1.54) is 167 Å². The van der Waals surface area contributed by atoms with Crippen molar-refractivity contribution in [1.82, 2.24) is 0 Å². The first kappa shape index (κ1) is 78.1. The average Bonchev–Trinajstić information content (AvgIpc) is 3.48. The smallest absolute Gasteiger partial charge is 0.306 e. The first-order valence-corrected chi connectivity index (χ1v) is 34.9. The molecule has 0 aliphatic rings. The molecule has 82 heavy (non-hydrogen) atoms. The molecule has 0 N–H and O–H groups in total. The molecular weight excluding hydrogens is 1010 g/mol. The lowest BCUT2D eigenvalue weighted by Gasteiger charge is -2.18. The molecule has 6 nitrogen and oxygen atoms in total. The van der Waals surface area contributed by atoms with Crippen LogP contribution in [-0.2, 0) is 28.6 Å². The van der Waals surface area contributed by atoms with Crippen molar-refractivity contribution in [2.75, 3.05) is 13.2 Å². The molecule has 470 valence electrons. The normalized spacial score (nSPS) is 12.8. The van der Waals surface area contributed by atoms with Gasteiger partial charge in [-0.2, -0.15) is 0 Å². The monoisotopic (exact) mass is 1140 g/mol. The second-order valence-corrected chi connectivity index (χ2v) is 23.1. The molecule has 6 heteroatoms. The summed E-state index contributed by atoms with van der Waals surface area (Å²) in [6.07, 6.45) is 95.3. The minimum atomic E-state index is -0.793. The Morgan fingerprint density at radius 1 is 0.256 bits per heavy atom. The highest BCUT2D eigenvalue weighted by atomic mass is 16.6. The molecule has 1 atom stereocenters. The van der Waals surface area contributed by atoms with E-state index >= 15 is 0 Å². The van der Waals surface area contributed by atoms with E-state index in [4.69, 9.17) is 14.2 Å². The Labute approximate surface area is 508 Å². The third-order valence-corrected chi connectivity index (χ3v) is 15.0. The van der Waals surface area contributed by atoms with Gasteiger partial charge in [-0.3, -0.25) is 14.4 Å². The maximum absolute atomic E-state index is 13.0. The number of esters is 3. The van der Waals surface area contributed by atoms with Gasteiger partial charge in [0, 0.05) is 19.3 Å². The van der Waals surface area contributed by atoms with Gasteiger partial charge in [0.1, 0.15) is 13.2 Å². The summed E-state index contributed by atoms with van der Waals surface area (Å²) in [5.41, 5.74) is 0. The highest BCUT2D eigenvalue weighted by Gasteiger charge is 2.19. The lowest BCUT2D eigenvalue weighted by molar-refractivity contribution is -0.167. The van der Waals surface area contributed by atoms with Crippen LogP contribution in [0.3, 0.4) is 0 Å². The van der Waals surface area contributed by atoms with Crippen LogP contribution in [0.25, 0.3) is 0 Å². The number of hydrogen-bond acceptors (Lipinski definition) is 6. The van der Waals surface area contributed by atoms with Gasteiger partial charge < -0.3 is 14.2 Å². The summed E-state index contributed by atoms with van der Waals surface area (Å²) in [5.74, 6) is -0.904. The lowest BCUT2D eigenvalue weighted by Crippen LogP contribution is -2.30. The third kappa shape index (κ3) is 66.9. The van der Waals surface area contributed by atoms with Gasteiger partial charge in [-0.25, -0.2) is 0 Å². The Kier molecular flexibility index (Phi) is 66.2. The quantitative estimate of drug-likeness (QED) is 0.0261. The summed E-state index contributed by atoms with van der Waals surface area (Å²) in [4.78, 5) is 38.4. The zero-order valence-corrected chi connectivity index (χ0v) is 54.0. The highest BCUT2D eigenvalue weighted by molar-refractivity contribution is 5.71. The molecule has 0 saturated heterocycles. The molecule has 1 unspecified atom stereocenters. The summed E-state index contributed by atoms with van der Waals surface area (Å²) in [7, 11) is 0. The molecule has 0 aliphatic heterocycles. The van der Waals surface area contributed by atoms with Gasteiger partial charge in [0.2, 0.25) is 0 Å². The van der Waals surface area contributed by atoms with Gasteiger partial charge >= 0.3 is 17.9 Å². The minimum Gasteiger partial charge on any atom is -0.462 e. The molecule has 0 heterocycles. The predicted molar refractivity (Wildman–Crippen MR) is 357 cm³/mol. The summed E-state index contributed by atoms with van der Waals surface area (Å²) in [6, 6.07) is 0.